The Morgan fingerprint density at radius 2 is 1.80 bits per heavy atom. The molecule has 0 saturated heterocycles. The predicted octanol–water partition coefficient (Wildman–Crippen LogP) is 3.72. The fraction of sp³-hybridized carbons (Fsp3) is 0.200. The molecule has 0 fully saturated rings. The molecule has 0 unspecified atom stereocenters. The van der Waals surface area contributed by atoms with Gasteiger partial charge in [-0.1, -0.05) is 42.5 Å². The third kappa shape index (κ3) is 5.70. The van der Waals surface area contributed by atoms with E-state index in [-0.39, 0.29) is 12.2 Å². The minimum atomic E-state index is -0.632. The Balaban J connectivity index is 2.00. The summed E-state index contributed by atoms with van der Waals surface area (Å²) in [5.74, 6) is -0.632. The summed E-state index contributed by atoms with van der Waals surface area (Å²) in [6.45, 7) is 2.71. The molecule has 5 heteroatoms. The van der Waals surface area contributed by atoms with Crippen molar-refractivity contribution in [2.24, 2.45) is 0 Å². The summed E-state index contributed by atoms with van der Waals surface area (Å²) in [4.78, 5) is 11.6. The van der Waals surface area contributed by atoms with Gasteiger partial charge in [0.25, 0.3) is 0 Å². The van der Waals surface area contributed by atoms with Gasteiger partial charge in [0.2, 0.25) is 0 Å². The van der Waals surface area contributed by atoms with Crippen molar-refractivity contribution in [3.8, 4) is 6.07 Å². The fourth-order valence-electron chi connectivity index (χ4n) is 2.24. The van der Waals surface area contributed by atoms with Gasteiger partial charge in [-0.3, -0.25) is 0 Å². The third-order valence-electron chi connectivity index (χ3n) is 3.49. The van der Waals surface area contributed by atoms with Crippen molar-refractivity contribution in [3.05, 3.63) is 71.9 Å². The highest BCUT2D eigenvalue weighted by molar-refractivity contribution is 5.93. The number of anilines is 2. The van der Waals surface area contributed by atoms with Gasteiger partial charge in [0.1, 0.15) is 6.07 Å². The maximum Gasteiger partial charge on any atom is 0.350 e. The number of ether oxygens (including phenoxy) is 1. The van der Waals surface area contributed by atoms with Gasteiger partial charge in [-0.2, -0.15) is 5.26 Å². The highest BCUT2D eigenvalue weighted by atomic mass is 16.5. The van der Waals surface area contributed by atoms with E-state index in [1.165, 1.54) is 11.8 Å². The molecule has 0 bridgehead atoms. The molecule has 5 nitrogen and oxygen atoms in total. The number of carbonyl (C=O) groups is 1. The van der Waals surface area contributed by atoms with Crippen molar-refractivity contribution >= 4 is 17.3 Å². The van der Waals surface area contributed by atoms with Gasteiger partial charge < -0.3 is 15.4 Å². The molecule has 128 valence electrons. The zero-order valence-electron chi connectivity index (χ0n) is 14.2. The van der Waals surface area contributed by atoms with Crippen LogP contribution in [0.25, 0.3) is 0 Å². The van der Waals surface area contributed by atoms with E-state index in [1.807, 2.05) is 48.5 Å². The minimum absolute atomic E-state index is 0.0686. The number of benzene rings is 2. The second-order valence-electron chi connectivity index (χ2n) is 5.24. The Bertz CT molecular complexity index is 764. The molecule has 0 amide bonds. The zero-order valence-corrected chi connectivity index (χ0v) is 14.2. The van der Waals surface area contributed by atoms with Crippen LogP contribution < -0.4 is 10.6 Å². The highest BCUT2D eigenvalue weighted by Crippen LogP contribution is 2.21. The standard InChI is InChI=1S/C20H21N3O2/c1-2-25-20(24)17(14-21)15-23-19-11-7-6-10-18(19)22-13-12-16-8-4-3-5-9-16/h3-11,15,22-23H,2,12-13H2,1H3/b17-15+. The summed E-state index contributed by atoms with van der Waals surface area (Å²) in [5.41, 5.74) is 2.87. The van der Waals surface area contributed by atoms with Crippen molar-refractivity contribution in [3.63, 3.8) is 0 Å². The summed E-state index contributed by atoms with van der Waals surface area (Å²) in [5, 5.41) is 15.4. The van der Waals surface area contributed by atoms with Crippen LogP contribution in [0.5, 0.6) is 0 Å². The molecule has 0 spiro atoms. The number of nitriles is 1. The van der Waals surface area contributed by atoms with E-state index in [1.54, 1.807) is 6.92 Å². The number of para-hydroxylation sites is 2. The van der Waals surface area contributed by atoms with Crippen LogP contribution in [0.15, 0.2) is 66.4 Å². The van der Waals surface area contributed by atoms with Crippen molar-refractivity contribution < 1.29 is 9.53 Å². The van der Waals surface area contributed by atoms with Crippen molar-refractivity contribution in [2.45, 2.75) is 13.3 Å². The van der Waals surface area contributed by atoms with Crippen LogP contribution in [0.2, 0.25) is 0 Å². The molecule has 0 atom stereocenters. The maximum atomic E-state index is 11.6. The monoisotopic (exact) mass is 335 g/mol. The first-order valence-corrected chi connectivity index (χ1v) is 8.15. The Labute approximate surface area is 147 Å². The lowest BCUT2D eigenvalue weighted by Gasteiger charge is -2.12. The molecule has 2 N–H and O–H groups in total. The van der Waals surface area contributed by atoms with Gasteiger partial charge in [0.05, 0.1) is 18.0 Å². The van der Waals surface area contributed by atoms with E-state index in [0.717, 1.165) is 24.3 Å². The van der Waals surface area contributed by atoms with Gasteiger partial charge >= 0.3 is 5.97 Å². The molecule has 0 aliphatic rings. The van der Waals surface area contributed by atoms with Crippen LogP contribution in [0.4, 0.5) is 11.4 Å². The summed E-state index contributed by atoms with van der Waals surface area (Å²) < 4.78 is 4.84. The van der Waals surface area contributed by atoms with E-state index in [4.69, 9.17) is 10.00 Å². The van der Waals surface area contributed by atoms with Crippen LogP contribution in [-0.4, -0.2) is 19.1 Å². The van der Waals surface area contributed by atoms with Crippen molar-refractivity contribution in [1.82, 2.24) is 0 Å². The smallest absolute Gasteiger partial charge is 0.350 e. The van der Waals surface area contributed by atoms with E-state index in [0.29, 0.717) is 0 Å². The number of nitrogens with zero attached hydrogens (tertiary/aromatic N) is 1. The lowest BCUT2D eigenvalue weighted by molar-refractivity contribution is -0.138. The first-order valence-electron chi connectivity index (χ1n) is 8.15. The van der Waals surface area contributed by atoms with Crippen LogP contribution in [0.1, 0.15) is 12.5 Å². The summed E-state index contributed by atoms with van der Waals surface area (Å²) >= 11 is 0. The fourth-order valence-corrected chi connectivity index (χ4v) is 2.24. The number of rotatable bonds is 8. The summed E-state index contributed by atoms with van der Waals surface area (Å²) in [6, 6.07) is 19.7. The molecule has 2 aromatic rings. The second-order valence-corrected chi connectivity index (χ2v) is 5.24. The first kappa shape index (κ1) is 18.1. The Hall–Kier alpha value is -3.26. The quantitative estimate of drug-likeness (QED) is 0.437. The normalized spacial score (nSPS) is 10.6. The Kier molecular flexibility index (Phi) is 7.08. The van der Waals surface area contributed by atoms with E-state index < -0.39 is 5.97 Å². The zero-order chi connectivity index (χ0) is 17.9. The lowest BCUT2D eigenvalue weighted by atomic mass is 10.1. The molecular weight excluding hydrogens is 314 g/mol. The van der Waals surface area contributed by atoms with E-state index in [9.17, 15) is 4.79 Å². The van der Waals surface area contributed by atoms with Gasteiger partial charge in [0, 0.05) is 12.7 Å². The maximum absolute atomic E-state index is 11.6. The van der Waals surface area contributed by atoms with E-state index >= 15 is 0 Å². The van der Waals surface area contributed by atoms with E-state index in [2.05, 4.69) is 22.8 Å². The molecule has 2 aromatic carbocycles. The van der Waals surface area contributed by atoms with Crippen LogP contribution in [0, 0.1) is 11.3 Å². The molecule has 0 aliphatic carbocycles. The van der Waals surface area contributed by atoms with Crippen LogP contribution in [0.3, 0.4) is 0 Å². The number of esters is 1. The topological polar surface area (TPSA) is 74.2 Å². The van der Waals surface area contributed by atoms with Gasteiger partial charge in [-0.15, -0.1) is 0 Å². The molecule has 0 radical (unpaired) electrons. The summed E-state index contributed by atoms with van der Waals surface area (Å²) in [7, 11) is 0. The van der Waals surface area contributed by atoms with Crippen molar-refractivity contribution in [1.29, 1.82) is 5.26 Å². The first-order chi connectivity index (χ1) is 12.2. The molecule has 2 rings (SSSR count). The van der Waals surface area contributed by atoms with Gasteiger partial charge in [-0.25, -0.2) is 4.79 Å². The summed E-state index contributed by atoms with van der Waals surface area (Å²) in [6.07, 6.45) is 2.27. The molecule has 25 heavy (non-hydrogen) atoms. The molecule has 0 aliphatic heterocycles. The average Bonchev–Trinajstić information content (AvgIpc) is 2.64. The molecule has 0 saturated carbocycles. The van der Waals surface area contributed by atoms with Crippen LogP contribution >= 0.6 is 0 Å². The number of hydrogen-bond donors (Lipinski definition) is 2. The highest BCUT2D eigenvalue weighted by Gasteiger charge is 2.09. The average molecular weight is 335 g/mol. The predicted molar refractivity (Wildman–Crippen MR) is 99.0 cm³/mol. The SMILES string of the molecule is CCOC(=O)/C(C#N)=C/Nc1ccccc1NCCc1ccccc1. The number of hydrogen-bond acceptors (Lipinski definition) is 5. The number of nitrogens with one attached hydrogen (secondary N) is 2. The second kappa shape index (κ2) is 9.78. The Morgan fingerprint density at radius 1 is 1.12 bits per heavy atom. The number of carbonyl (C=O) groups excluding carboxylic acids is 1. The van der Waals surface area contributed by atoms with Gasteiger partial charge in [0.15, 0.2) is 5.57 Å². The molecular formula is C20H21N3O2. The van der Waals surface area contributed by atoms with Crippen molar-refractivity contribution in [2.75, 3.05) is 23.8 Å². The Morgan fingerprint density at radius 3 is 2.48 bits per heavy atom. The third-order valence-corrected chi connectivity index (χ3v) is 3.49. The van der Waals surface area contributed by atoms with Crippen LogP contribution in [-0.2, 0) is 16.0 Å². The molecule has 0 aromatic heterocycles. The molecule has 0 heterocycles. The van der Waals surface area contributed by atoms with Gasteiger partial charge in [-0.05, 0) is 31.0 Å². The minimum Gasteiger partial charge on any atom is -0.462 e. The lowest BCUT2D eigenvalue weighted by Crippen LogP contribution is -2.09. The largest absolute Gasteiger partial charge is 0.462 e.